The van der Waals surface area contributed by atoms with Crippen LogP contribution in [0.5, 0.6) is 0 Å². The molecule has 3 heteroatoms. The van der Waals surface area contributed by atoms with Gasteiger partial charge in [-0.25, -0.2) is 4.79 Å². The summed E-state index contributed by atoms with van der Waals surface area (Å²) in [5.41, 5.74) is 1.14. The van der Waals surface area contributed by atoms with E-state index in [9.17, 15) is 9.90 Å². The van der Waals surface area contributed by atoms with Crippen LogP contribution in [0.4, 0.5) is 0 Å². The molecule has 0 spiro atoms. The minimum Gasteiger partial charge on any atom is -0.506 e. The summed E-state index contributed by atoms with van der Waals surface area (Å²) in [5.74, 6) is -0.817. The van der Waals surface area contributed by atoms with E-state index in [0.717, 1.165) is 0 Å². The Morgan fingerprint density at radius 2 is 2.00 bits per heavy atom. The smallest absolute Gasteiger partial charge is 0.341 e. The highest BCUT2D eigenvalue weighted by Gasteiger charge is 2.15. The molecule has 0 aliphatic rings. The molecule has 0 atom stereocenters. The lowest BCUT2D eigenvalue weighted by Gasteiger charge is -2.09. The van der Waals surface area contributed by atoms with Crippen LogP contribution in [-0.4, -0.2) is 18.2 Å². The molecule has 0 aromatic rings. The van der Waals surface area contributed by atoms with Crippen molar-refractivity contribution in [2.24, 2.45) is 0 Å². The van der Waals surface area contributed by atoms with Crippen LogP contribution in [0.25, 0.3) is 0 Å². The predicted octanol–water partition coefficient (Wildman–Crippen LogP) is 3.24. The van der Waals surface area contributed by atoms with Crippen LogP contribution in [0.15, 0.2) is 59.9 Å². The van der Waals surface area contributed by atoms with Crippen LogP contribution in [0, 0.1) is 0 Å². The Morgan fingerprint density at radius 1 is 1.41 bits per heavy atom. The lowest BCUT2D eigenvalue weighted by atomic mass is 10.0. The second kappa shape index (κ2) is 7.28. The Kier molecular flexibility index (Phi) is 6.41. The first kappa shape index (κ1) is 15.0. The Bertz CT molecular complexity index is 409. The van der Waals surface area contributed by atoms with Crippen LogP contribution in [0.2, 0.25) is 0 Å². The van der Waals surface area contributed by atoms with Gasteiger partial charge in [-0.15, -0.1) is 0 Å². The highest BCUT2D eigenvalue weighted by atomic mass is 16.5. The number of hydrogen-bond donors (Lipinski definition) is 1. The van der Waals surface area contributed by atoms with Gasteiger partial charge in [-0.3, -0.25) is 0 Å². The lowest BCUT2D eigenvalue weighted by Crippen LogP contribution is -2.07. The Morgan fingerprint density at radius 3 is 2.35 bits per heavy atom. The maximum Gasteiger partial charge on any atom is 0.341 e. The zero-order chi connectivity index (χ0) is 13.4. The summed E-state index contributed by atoms with van der Waals surface area (Å²) in [6.45, 7) is 10.8. The average Bonchev–Trinajstić information content (AvgIpc) is 2.29. The Labute approximate surface area is 102 Å². The number of methoxy groups -OCH3 is 1. The van der Waals surface area contributed by atoms with Crippen molar-refractivity contribution in [2.75, 3.05) is 7.11 Å². The van der Waals surface area contributed by atoms with Gasteiger partial charge in [0.2, 0.25) is 0 Å². The van der Waals surface area contributed by atoms with Gasteiger partial charge in [0.1, 0.15) is 11.3 Å². The van der Waals surface area contributed by atoms with Gasteiger partial charge >= 0.3 is 5.97 Å². The topological polar surface area (TPSA) is 46.5 Å². The van der Waals surface area contributed by atoms with Crippen molar-refractivity contribution in [2.45, 2.75) is 13.8 Å². The molecule has 0 unspecified atom stereocenters. The molecule has 0 saturated carbocycles. The van der Waals surface area contributed by atoms with Crippen LogP contribution in [0.1, 0.15) is 13.8 Å². The van der Waals surface area contributed by atoms with Gasteiger partial charge in [0.05, 0.1) is 7.11 Å². The van der Waals surface area contributed by atoms with Gasteiger partial charge in [0, 0.05) is 5.57 Å². The van der Waals surface area contributed by atoms with Crippen molar-refractivity contribution in [3.63, 3.8) is 0 Å². The van der Waals surface area contributed by atoms with E-state index in [2.05, 4.69) is 17.9 Å². The van der Waals surface area contributed by atoms with Gasteiger partial charge < -0.3 is 9.84 Å². The summed E-state index contributed by atoms with van der Waals surface area (Å²) >= 11 is 0. The molecule has 0 aromatic carbocycles. The SMILES string of the molecule is C=C\C(C(=O)OC)=C(O)/C(=C/C=C\C)C(=C)C. The molecule has 0 fully saturated rings. The van der Waals surface area contributed by atoms with Crippen LogP contribution >= 0.6 is 0 Å². The van der Waals surface area contributed by atoms with Crippen molar-refractivity contribution >= 4 is 5.97 Å². The fraction of sp³-hybridized carbons (Fsp3) is 0.214. The largest absolute Gasteiger partial charge is 0.506 e. The van der Waals surface area contributed by atoms with Crippen molar-refractivity contribution in [3.8, 4) is 0 Å². The second-order valence-electron chi connectivity index (χ2n) is 3.34. The third-order valence-electron chi connectivity index (χ3n) is 2.03. The fourth-order valence-corrected chi connectivity index (χ4v) is 1.15. The van der Waals surface area contributed by atoms with Gasteiger partial charge in [-0.05, 0) is 19.4 Å². The van der Waals surface area contributed by atoms with Crippen LogP contribution in [0.3, 0.4) is 0 Å². The molecule has 0 aliphatic heterocycles. The average molecular weight is 234 g/mol. The van der Waals surface area contributed by atoms with Gasteiger partial charge in [-0.2, -0.15) is 0 Å². The molecule has 0 bridgehead atoms. The maximum absolute atomic E-state index is 11.4. The molecular weight excluding hydrogens is 216 g/mol. The minimum atomic E-state index is -0.634. The molecule has 0 aromatic heterocycles. The number of carbonyl (C=O) groups excluding carboxylic acids is 1. The number of carbonyl (C=O) groups is 1. The number of hydrogen-bond acceptors (Lipinski definition) is 3. The molecule has 3 nitrogen and oxygen atoms in total. The number of esters is 1. The summed E-state index contributed by atoms with van der Waals surface area (Å²) in [6, 6.07) is 0. The van der Waals surface area contributed by atoms with Crippen molar-refractivity contribution in [1.29, 1.82) is 0 Å². The molecule has 0 saturated heterocycles. The fourth-order valence-electron chi connectivity index (χ4n) is 1.15. The minimum absolute atomic E-state index is 0.0197. The zero-order valence-corrected chi connectivity index (χ0v) is 10.5. The van der Waals surface area contributed by atoms with Gasteiger partial charge in [-0.1, -0.05) is 37.5 Å². The van der Waals surface area contributed by atoms with E-state index >= 15 is 0 Å². The summed E-state index contributed by atoms with van der Waals surface area (Å²) in [4.78, 5) is 11.4. The maximum atomic E-state index is 11.4. The molecule has 0 aliphatic carbocycles. The number of ether oxygens (including phenoxy) is 1. The summed E-state index contributed by atoms with van der Waals surface area (Å²) in [7, 11) is 1.25. The van der Waals surface area contributed by atoms with E-state index < -0.39 is 5.97 Å². The monoisotopic (exact) mass is 234 g/mol. The molecule has 0 rings (SSSR count). The quantitative estimate of drug-likeness (QED) is 0.344. The summed E-state index contributed by atoms with van der Waals surface area (Å²) in [5, 5.41) is 10.0. The Balaban J connectivity index is 5.67. The normalized spacial score (nSPS) is 13.2. The van der Waals surface area contributed by atoms with E-state index in [1.807, 2.05) is 13.0 Å². The van der Waals surface area contributed by atoms with Crippen molar-refractivity contribution in [1.82, 2.24) is 0 Å². The van der Waals surface area contributed by atoms with Gasteiger partial charge in [0.15, 0.2) is 0 Å². The lowest BCUT2D eigenvalue weighted by molar-refractivity contribution is -0.135. The molecule has 1 N–H and O–H groups in total. The first-order valence-corrected chi connectivity index (χ1v) is 5.12. The number of allylic oxidation sites excluding steroid dienone is 4. The first-order valence-electron chi connectivity index (χ1n) is 5.12. The van der Waals surface area contributed by atoms with Crippen molar-refractivity contribution < 1.29 is 14.6 Å². The first-order chi connectivity index (χ1) is 7.99. The molecular formula is C14H18O3. The summed E-state index contributed by atoms with van der Waals surface area (Å²) in [6.07, 6.45) is 6.48. The van der Waals surface area contributed by atoms with Gasteiger partial charge in [0.25, 0.3) is 0 Å². The number of aliphatic hydroxyl groups excluding tert-OH is 1. The zero-order valence-electron chi connectivity index (χ0n) is 10.5. The number of rotatable bonds is 5. The molecule has 0 heterocycles. The van der Waals surface area contributed by atoms with Crippen LogP contribution in [-0.2, 0) is 9.53 Å². The van der Waals surface area contributed by atoms with Crippen LogP contribution < -0.4 is 0 Å². The van der Waals surface area contributed by atoms with E-state index in [-0.39, 0.29) is 11.3 Å². The summed E-state index contributed by atoms with van der Waals surface area (Å²) < 4.78 is 4.56. The van der Waals surface area contributed by atoms with E-state index in [4.69, 9.17) is 0 Å². The Hall–Kier alpha value is -2.03. The molecule has 92 valence electrons. The third kappa shape index (κ3) is 4.15. The highest BCUT2D eigenvalue weighted by Crippen LogP contribution is 2.20. The standard InChI is InChI=1S/C14H18O3/c1-6-8-9-12(10(3)4)13(15)11(7-2)14(16)17-5/h6-9,15H,2-3H2,1,4-5H3/b8-6-,12-9+,13-11-. The second-order valence-corrected chi connectivity index (χ2v) is 3.34. The highest BCUT2D eigenvalue weighted by molar-refractivity contribution is 5.92. The molecule has 17 heavy (non-hydrogen) atoms. The van der Waals surface area contributed by atoms with Crippen molar-refractivity contribution in [3.05, 3.63) is 59.9 Å². The molecule has 0 radical (unpaired) electrons. The van der Waals surface area contributed by atoms with E-state index in [0.29, 0.717) is 11.1 Å². The van der Waals surface area contributed by atoms with E-state index in [1.54, 1.807) is 19.1 Å². The third-order valence-corrected chi connectivity index (χ3v) is 2.03. The predicted molar refractivity (Wildman–Crippen MR) is 69.6 cm³/mol. The number of aliphatic hydroxyl groups is 1. The van der Waals surface area contributed by atoms with E-state index in [1.165, 1.54) is 13.2 Å². The molecule has 0 amide bonds.